The molecule has 6 heteroatoms. The van der Waals surface area contributed by atoms with E-state index in [2.05, 4.69) is 10.5 Å². The van der Waals surface area contributed by atoms with E-state index in [1.165, 1.54) is 0 Å². The number of aromatic nitrogens is 1. The van der Waals surface area contributed by atoms with E-state index in [0.717, 1.165) is 10.9 Å². The summed E-state index contributed by atoms with van der Waals surface area (Å²) in [5.41, 5.74) is 2.14. The lowest BCUT2D eigenvalue weighted by Crippen LogP contribution is -2.25. The van der Waals surface area contributed by atoms with Crippen LogP contribution in [0.3, 0.4) is 0 Å². The second-order valence-electron chi connectivity index (χ2n) is 5.23. The first-order chi connectivity index (χ1) is 11.7. The lowest BCUT2D eigenvalue weighted by Gasteiger charge is -2.13. The molecule has 1 N–H and O–H groups in total. The zero-order valence-electron chi connectivity index (χ0n) is 13.5. The molecular weight excluding hydrogens is 308 g/mol. The largest absolute Gasteiger partial charge is 0.493 e. The molecule has 0 saturated heterocycles. The highest BCUT2D eigenvalue weighted by Crippen LogP contribution is 2.30. The van der Waals surface area contributed by atoms with Gasteiger partial charge in [0.25, 0.3) is 0 Å². The van der Waals surface area contributed by atoms with Crippen LogP contribution in [-0.2, 0) is 17.8 Å². The molecule has 0 aliphatic carbocycles. The number of nitrogens with one attached hydrogen (secondary N) is 1. The molecule has 0 atom stereocenters. The molecule has 0 radical (unpaired) electrons. The van der Waals surface area contributed by atoms with Gasteiger partial charge in [0.2, 0.25) is 5.91 Å². The van der Waals surface area contributed by atoms with Crippen LogP contribution in [0.5, 0.6) is 11.5 Å². The predicted molar refractivity (Wildman–Crippen MR) is 89.1 cm³/mol. The van der Waals surface area contributed by atoms with Crippen molar-refractivity contribution in [2.75, 3.05) is 14.2 Å². The minimum atomic E-state index is -0.140. The second kappa shape index (κ2) is 7.04. The third kappa shape index (κ3) is 3.17. The number of hydrogen-bond donors (Lipinski definition) is 1. The van der Waals surface area contributed by atoms with Crippen molar-refractivity contribution >= 4 is 16.9 Å². The quantitative estimate of drug-likeness (QED) is 0.754. The van der Waals surface area contributed by atoms with Gasteiger partial charge >= 0.3 is 0 Å². The summed E-state index contributed by atoms with van der Waals surface area (Å²) < 4.78 is 15.8. The van der Waals surface area contributed by atoms with Gasteiger partial charge in [-0.25, -0.2) is 0 Å². The maximum Gasteiger partial charge on any atom is 0.226 e. The molecule has 24 heavy (non-hydrogen) atoms. The molecule has 1 aromatic heterocycles. The summed E-state index contributed by atoms with van der Waals surface area (Å²) >= 11 is 0. The molecule has 0 saturated carbocycles. The van der Waals surface area contributed by atoms with Gasteiger partial charge in [-0.05, 0) is 18.2 Å². The maximum absolute atomic E-state index is 12.2. The van der Waals surface area contributed by atoms with Crippen LogP contribution in [0, 0.1) is 0 Å². The Bertz CT molecular complexity index is 857. The highest BCUT2D eigenvalue weighted by molar-refractivity contribution is 5.86. The molecule has 0 fully saturated rings. The summed E-state index contributed by atoms with van der Waals surface area (Å²) in [4.78, 5) is 12.2. The Morgan fingerprint density at radius 1 is 1.12 bits per heavy atom. The SMILES string of the molecule is COc1cccc(CNC(=O)Cc2noc3ccccc23)c1OC. The number of carbonyl (C=O) groups excluding carboxylic acids is 1. The van der Waals surface area contributed by atoms with E-state index in [9.17, 15) is 4.79 Å². The lowest BCUT2D eigenvalue weighted by atomic mass is 10.1. The Morgan fingerprint density at radius 3 is 2.75 bits per heavy atom. The molecule has 0 bridgehead atoms. The fourth-order valence-electron chi connectivity index (χ4n) is 2.57. The van der Waals surface area contributed by atoms with Crippen molar-refractivity contribution < 1.29 is 18.8 Å². The van der Waals surface area contributed by atoms with Crippen molar-refractivity contribution in [1.82, 2.24) is 10.5 Å². The van der Waals surface area contributed by atoms with Crippen LogP contribution in [0.25, 0.3) is 11.0 Å². The van der Waals surface area contributed by atoms with Crippen LogP contribution >= 0.6 is 0 Å². The normalized spacial score (nSPS) is 10.6. The van der Waals surface area contributed by atoms with Crippen molar-refractivity contribution in [1.29, 1.82) is 0 Å². The summed E-state index contributed by atoms with van der Waals surface area (Å²) in [7, 11) is 3.15. The molecule has 3 aromatic rings. The zero-order chi connectivity index (χ0) is 16.9. The van der Waals surface area contributed by atoms with Gasteiger partial charge in [-0.2, -0.15) is 0 Å². The first-order valence-corrected chi connectivity index (χ1v) is 7.52. The molecule has 2 aromatic carbocycles. The van der Waals surface area contributed by atoms with Crippen molar-refractivity contribution in [3.8, 4) is 11.5 Å². The minimum Gasteiger partial charge on any atom is -0.493 e. The number of benzene rings is 2. The molecule has 0 unspecified atom stereocenters. The van der Waals surface area contributed by atoms with E-state index < -0.39 is 0 Å². The van der Waals surface area contributed by atoms with Gasteiger partial charge in [0.1, 0.15) is 5.69 Å². The molecule has 3 rings (SSSR count). The maximum atomic E-state index is 12.2. The van der Waals surface area contributed by atoms with Crippen LogP contribution in [0.4, 0.5) is 0 Å². The van der Waals surface area contributed by atoms with E-state index in [0.29, 0.717) is 29.3 Å². The molecule has 0 aliphatic rings. The highest BCUT2D eigenvalue weighted by Gasteiger charge is 2.14. The third-order valence-corrected chi connectivity index (χ3v) is 3.74. The third-order valence-electron chi connectivity index (χ3n) is 3.74. The number of para-hydroxylation sites is 2. The summed E-state index contributed by atoms with van der Waals surface area (Å²) in [6.07, 6.45) is 0.156. The van der Waals surface area contributed by atoms with E-state index in [-0.39, 0.29) is 12.3 Å². The Labute approximate surface area is 139 Å². The minimum absolute atomic E-state index is 0.140. The molecule has 0 aliphatic heterocycles. The number of methoxy groups -OCH3 is 2. The van der Waals surface area contributed by atoms with Gasteiger partial charge < -0.3 is 19.3 Å². The predicted octanol–water partition coefficient (Wildman–Crippen LogP) is 2.70. The number of rotatable bonds is 6. The van der Waals surface area contributed by atoms with Crippen LogP contribution in [0.1, 0.15) is 11.3 Å². The summed E-state index contributed by atoms with van der Waals surface area (Å²) in [5.74, 6) is 1.11. The zero-order valence-corrected chi connectivity index (χ0v) is 13.5. The van der Waals surface area contributed by atoms with Gasteiger partial charge in [-0.15, -0.1) is 0 Å². The number of nitrogens with zero attached hydrogens (tertiary/aromatic N) is 1. The highest BCUT2D eigenvalue weighted by atomic mass is 16.5. The smallest absolute Gasteiger partial charge is 0.226 e. The molecule has 1 heterocycles. The number of ether oxygens (including phenoxy) is 2. The summed E-state index contributed by atoms with van der Waals surface area (Å²) in [6.45, 7) is 0.342. The van der Waals surface area contributed by atoms with Gasteiger partial charge in [0.05, 0.1) is 20.6 Å². The first-order valence-electron chi connectivity index (χ1n) is 7.52. The standard InChI is InChI=1S/C18H18N2O4/c1-22-16-9-5-6-12(18(16)23-2)11-19-17(21)10-14-13-7-3-4-8-15(13)24-20-14/h3-9H,10-11H2,1-2H3,(H,19,21). The second-order valence-corrected chi connectivity index (χ2v) is 5.23. The van der Waals surface area contributed by atoms with Crippen molar-refractivity contribution in [2.45, 2.75) is 13.0 Å². The number of carbonyl (C=O) groups is 1. The Morgan fingerprint density at radius 2 is 1.96 bits per heavy atom. The van der Waals surface area contributed by atoms with Crippen LogP contribution < -0.4 is 14.8 Å². The van der Waals surface area contributed by atoms with Gasteiger partial charge in [-0.3, -0.25) is 4.79 Å². The molecule has 1 amide bonds. The van der Waals surface area contributed by atoms with Crippen molar-refractivity contribution in [3.05, 3.63) is 53.7 Å². The molecule has 124 valence electrons. The van der Waals surface area contributed by atoms with E-state index in [1.807, 2.05) is 42.5 Å². The van der Waals surface area contributed by atoms with Gasteiger partial charge in [0, 0.05) is 17.5 Å². The fourth-order valence-corrected chi connectivity index (χ4v) is 2.57. The molecule has 6 nitrogen and oxygen atoms in total. The monoisotopic (exact) mass is 326 g/mol. The average molecular weight is 326 g/mol. The van der Waals surface area contributed by atoms with Gasteiger partial charge in [-0.1, -0.05) is 29.4 Å². The topological polar surface area (TPSA) is 73.6 Å². The molecule has 0 spiro atoms. The average Bonchev–Trinajstić information content (AvgIpc) is 3.02. The Kier molecular flexibility index (Phi) is 4.65. The van der Waals surface area contributed by atoms with E-state index in [1.54, 1.807) is 14.2 Å². The fraction of sp³-hybridized carbons (Fsp3) is 0.222. The van der Waals surface area contributed by atoms with Crippen molar-refractivity contribution in [2.24, 2.45) is 0 Å². The molecular formula is C18H18N2O4. The van der Waals surface area contributed by atoms with Crippen LogP contribution in [-0.4, -0.2) is 25.3 Å². The number of hydrogen-bond acceptors (Lipinski definition) is 5. The lowest BCUT2D eigenvalue weighted by molar-refractivity contribution is -0.120. The number of amides is 1. The number of fused-ring (bicyclic) bond motifs is 1. The first kappa shape index (κ1) is 15.9. The van der Waals surface area contributed by atoms with Crippen LogP contribution in [0.2, 0.25) is 0 Å². The summed E-state index contributed by atoms with van der Waals surface area (Å²) in [6, 6.07) is 13.0. The van der Waals surface area contributed by atoms with E-state index >= 15 is 0 Å². The Hall–Kier alpha value is -3.02. The van der Waals surface area contributed by atoms with Gasteiger partial charge in [0.15, 0.2) is 17.1 Å². The Balaban J connectivity index is 1.68. The van der Waals surface area contributed by atoms with Crippen molar-refractivity contribution in [3.63, 3.8) is 0 Å². The van der Waals surface area contributed by atoms with Crippen LogP contribution in [0.15, 0.2) is 47.0 Å². The van der Waals surface area contributed by atoms with E-state index in [4.69, 9.17) is 14.0 Å². The summed E-state index contributed by atoms with van der Waals surface area (Å²) in [5, 5.41) is 7.70.